The summed E-state index contributed by atoms with van der Waals surface area (Å²) in [5.41, 5.74) is 2.09. The number of hydrogen-bond acceptors (Lipinski definition) is 2. The van der Waals surface area contributed by atoms with Crippen LogP contribution in [0.15, 0.2) is 28.7 Å². The van der Waals surface area contributed by atoms with Crippen molar-refractivity contribution in [1.82, 2.24) is 0 Å². The highest BCUT2D eigenvalue weighted by Crippen LogP contribution is 2.25. The number of nitrogens with zero attached hydrogens (tertiary/aromatic N) is 1. The molecule has 2 heteroatoms. The molecule has 0 bridgehead atoms. The maximum Gasteiger partial charge on any atom is 0.204 e. The van der Waals surface area contributed by atoms with E-state index in [9.17, 15) is 0 Å². The molecule has 1 unspecified atom stereocenters. The molecule has 1 aromatic heterocycles. The predicted octanol–water partition coefficient (Wildman–Crippen LogP) is 3.82. The van der Waals surface area contributed by atoms with Crippen molar-refractivity contribution >= 4 is 11.0 Å². The molecule has 76 valence electrons. The van der Waals surface area contributed by atoms with Gasteiger partial charge in [0.1, 0.15) is 11.7 Å². The quantitative estimate of drug-likeness (QED) is 0.737. The highest BCUT2D eigenvalue weighted by Gasteiger charge is 2.07. The number of rotatable bonds is 2. The lowest BCUT2D eigenvalue weighted by Gasteiger charge is -2.07. The molecule has 0 saturated carbocycles. The van der Waals surface area contributed by atoms with Gasteiger partial charge >= 0.3 is 0 Å². The third kappa shape index (κ3) is 1.73. The summed E-state index contributed by atoms with van der Waals surface area (Å²) in [4.78, 5) is 0. The minimum Gasteiger partial charge on any atom is -0.446 e. The average molecular weight is 199 g/mol. The van der Waals surface area contributed by atoms with Gasteiger partial charge in [0, 0.05) is 11.5 Å². The summed E-state index contributed by atoms with van der Waals surface area (Å²) in [6, 6.07) is 9.92. The molecule has 2 nitrogen and oxygen atoms in total. The van der Waals surface area contributed by atoms with Crippen LogP contribution in [0.25, 0.3) is 11.0 Å². The Balaban J connectivity index is 2.51. The first kappa shape index (κ1) is 9.79. The van der Waals surface area contributed by atoms with E-state index in [1.54, 1.807) is 6.07 Å². The van der Waals surface area contributed by atoms with E-state index in [-0.39, 0.29) is 0 Å². The normalized spacial score (nSPS) is 12.6. The van der Waals surface area contributed by atoms with Crippen molar-refractivity contribution < 1.29 is 4.42 Å². The van der Waals surface area contributed by atoms with Crippen molar-refractivity contribution in [3.63, 3.8) is 0 Å². The van der Waals surface area contributed by atoms with Crippen LogP contribution in [0.4, 0.5) is 0 Å². The van der Waals surface area contributed by atoms with Gasteiger partial charge in [-0.2, -0.15) is 5.26 Å². The maximum atomic E-state index is 8.72. The second-order valence-corrected chi connectivity index (χ2v) is 3.83. The second kappa shape index (κ2) is 3.78. The summed E-state index contributed by atoms with van der Waals surface area (Å²) in [6.45, 7) is 4.37. The molecule has 0 fully saturated rings. The fourth-order valence-electron chi connectivity index (χ4n) is 1.66. The van der Waals surface area contributed by atoms with E-state index < -0.39 is 0 Å². The molecule has 1 heterocycles. The molecule has 0 aliphatic carbocycles. The first-order valence-corrected chi connectivity index (χ1v) is 5.18. The van der Waals surface area contributed by atoms with Crippen LogP contribution in [-0.2, 0) is 0 Å². The van der Waals surface area contributed by atoms with Gasteiger partial charge in [-0.05, 0) is 30.0 Å². The summed E-state index contributed by atoms with van der Waals surface area (Å²) < 4.78 is 5.32. The first-order chi connectivity index (χ1) is 7.24. The van der Waals surface area contributed by atoms with E-state index in [1.165, 1.54) is 5.56 Å². The van der Waals surface area contributed by atoms with Gasteiger partial charge in [0.15, 0.2) is 0 Å². The van der Waals surface area contributed by atoms with E-state index in [0.717, 1.165) is 17.4 Å². The van der Waals surface area contributed by atoms with Crippen LogP contribution in [0.2, 0.25) is 0 Å². The number of fused-ring (bicyclic) bond motifs is 1. The van der Waals surface area contributed by atoms with Gasteiger partial charge in [0.05, 0.1) is 0 Å². The molecule has 2 rings (SSSR count). The van der Waals surface area contributed by atoms with Crippen LogP contribution in [-0.4, -0.2) is 0 Å². The Bertz CT molecular complexity index is 519. The lowest BCUT2D eigenvalue weighted by Crippen LogP contribution is -1.89. The van der Waals surface area contributed by atoms with Crippen LogP contribution < -0.4 is 0 Å². The minimum absolute atomic E-state index is 0.381. The van der Waals surface area contributed by atoms with Crippen molar-refractivity contribution in [3.8, 4) is 6.07 Å². The smallest absolute Gasteiger partial charge is 0.204 e. The molecular weight excluding hydrogens is 186 g/mol. The van der Waals surface area contributed by atoms with Crippen LogP contribution in [0.5, 0.6) is 0 Å². The Kier molecular flexibility index (Phi) is 2.47. The number of furan rings is 1. The third-order valence-corrected chi connectivity index (χ3v) is 2.83. The summed E-state index contributed by atoms with van der Waals surface area (Å²) >= 11 is 0. The molecule has 0 saturated heterocycles. The van der Waals surface area contributed by atoms with Crippen LogP contribution in [0.3, 0.4) is 0 Å². The standard InChI is InChI=1S/C13H13NO/c1-3-9(2)10-4-5-13-11(6-10)7-12(8-14)15-13/h4-7,9H,3H2,1-2H3. The zero-order valence-corrected chi connectivity index (χ0v) is 8.95. The molecule has 15 heavy (non-hydrogen) atoms. The van der Waals surface area contributed by atoms with Crippen molar-refractivity contribution in [2.24, 2.45) is 0 Å². The van der Waals surface area contributed by atoms with Gasteiger partial charge in [-0.1, -0.05) is 19.9 Å². The van der Waals surface area contributed by atoms with Gasteiger partial charge in [-0.15, -0.1) is 0 Å². The van der Waals surface area contributed by atoms with Crippen molar-refractivity contribution in [2.45, 2.75) is 26.2 Å². The third-order valence-electron chi connectivity index (χ3n) is 2.83. The van der Waals surface area contributed by atoms with Gasteiger partial charge in [-0.3, -0.25) is 0 Å². The lowest BCUT2D eigenvalue weighted by atomic mass is 9.98. The van der Waals surface area contributed by atoms with Gasteiger partial charge < -0.3 is 4.42 Å². The zero-order valence-electron chi connectivity index (χ0n) is 8.95. The average Bonchev–Trinajstić information content (AvgIpc) is 2.69. The summed E-state index contributed by atoms with van der Waals surface area (Å²) in [6.07, 6.45) is 1.12. The van der Waals surface area contributed by atoms with Gasteiger partial charge in [0.2, 0.25) is 5.76 Å². The second-order valence-electron chi connectivity index (χ2n) is 3.83. The minimum atomic E-state index is 0.381. The number of hydrogen-bond donors (Lipinski definition) is 0. The Morgan fingerprint density at radius 1 is 1.40 bits per heavy atom. The van der Waals surface area contributed by atoms with Gasteiger partial charge in [0.25, 0.3) is 0 Å². The van der Waals surface area contributed by atoms with E-state index in [0.29, 0.717) is 11.7 Å². The van der Waals surface area contributed by atoms with Crippen molar-refractivity contribution in [1.29, 1.82) is 5.26 Å². The molecule has 2 aromatic rings. The maximum absolute atomic E-state index is 8.72. The number of benzene rings is 1. The highest BCUT2D eigenvalue weighted by molar-refractivity contribution is 5.79. The van der Waals surface area contributed by atoms with E-state index in [1.807, 2.05) is 12.1 Å². The molecular formula is C13H13NO. The Morgan fingerprint density at radius 2 is 2.20 bits per heavy atom. The molecule has 1 aromatic carbocycles. The molecule has 0 spiro atoms. The highest BCUT2D eigenvalue weighted by atomic mass is 16.3. The van der Waals surface area contributed by atoms with Crippen LogP contribution in [0, 0.1) is 11.3 Å². The zero-order chi connectivity index (χ0) is 10.8. The predicted molar refractivity (Wildman–Crippen MR) is 59.6 cm³/mol. The van der Waals surface area contributed by atoms with E-state index >= 15 is 0 Å². The van der Waals surface area contributed by atoms with Crippen LogP contribution >= 0.6 is 0 Å². The molecule has 0 radical (unpaired) electrons. The Morgan fingerprint density at radius 3 is 2.87 bits per heavy atom. The molecule has 0 N–H and O–H groups in total. The topological polar surface area (TPSA) is 36.9 Å². The summed E-state index contributed by atoms with van der Waals surface area (Å²) in [7, 11) is 0. The summed E-state index contributed by atoms with van der Waals surface area (Å²) in [5.74, 6) is 0.932. The summed E-state index contributed by atoms with van der Waals surface area (Å²) in [5, 5.41) is 9.74. The van der Waals surface area contributed by atoms with Crippen molar-refractivity contribution in [3.05, 3.63) is 35.6 Å². The van der Waals surface area contributed by atoms with E-state index in [2.05, 4.69) is 26.0 Å². The molecule has 0 aliphatic rings. The first-order valence-electron chi connectivity index (χ1n) is 5.18. The molecule has 0 aliphatic heterocycles. The molecule has 0 amide bonds. The fraction of sp³-hybridized carbons (Fsp3) is 0.308. The Hall–Kier alpha value is -1.75. The van der Waals surface area contributed by atoms with Crippen molar-refractivity contribution in [2.75, 3.05) is 0 Å². The SMILES string of the molecule is CCC(C)c1ccc2oc(C#N)cc2c1. The number of nitriles is 1. The monoisotopic (exact) mass is 199 g/mol. The van der Waals surface area contributed by atoms with E-state index in [4.69, 9.17) is 9.68 Å². The Labute approximate surface area is 89.1 Å². The lowest BCUT2D eigenvalue weighted by molar-refractivity contribution is 0.599. The largest absolute Gasteiger partial charge is 0.446 e. The fourth-order valence-corrected chi connectivity index (χ4v) is 1.66. The molecule has 1 atom stereocenters. The van der Waals surface area contributed by atoms with Gasteiger partial charge in [-0.25, -0.2) is 0 Å². The van der Waals surface area contributed by atoms with Crippen LogP contribution in [0.1, 0.15) is 37.5 Å².